The lowest BCUT2D eigenvalue weighted by atomic mass is 10.0. The second-order valence-electron chi connectivity index (χ2n) is 12.8. The predicted octanol–water partition coefficient (Wildman–Crippen LogP) is 4.48. The van der Waals surface area contributed by atoms with E-state index in [9.17, 15) is 24.3 Å². The summed E-state index contributed by atoms with van der Waals surface area (Å²) in [6.45, 7) is 0.927. The molecule has 0 aliphatic carbocycles. The minimum atomic E-state index is -1.14. The van der Waals surface area contributed by atoms with Crippen LogP contribution in [-0.2, 0) is 30.4 Å². The van der Waals surface area contributed by atoms with Gasteiger partial charge in [0.25, 0.3) is 5.91 Å². The number of nitrogens with zero attached hydrogens (tertiary/aromatic N) is 5. The fraction of sp³-hybridized carbons (Fsp3) is 0.300. The lowest BCUT2D eigenvalue weighted by Crippen LogP contribution is -2.58. The Kier molecular flexibility index (Phi) is 12.3. The second-order valence-corrected chi connectivity index (χ2v) is 13.3. The molecule has 3 heterocycles. The molecule has 0 saturated carbocycles. The molecule has 3 N–H and O–H groups in total. The number of aromatic hydroxyl groups is 1. The van der Waals surface area contributed by atoms with E-state index in [4.69, 9.17) is 26.3 Å². The summed E-state index contributed by atoms with van der Waals surface area (Å²) < 4.78 is 12.1. The summed E-state index contributed by atoms with van der Waals surface area (Å²) in [6, 6.07) is 18.8. The Morgan fingerprint density at radius 3 is 2.56 bits per heavy atom. The second kappa shape index (κ2) is 17.6. The summed E-state index contributed by atoms with van der Waals surface area (Å²) in [5, 5.41) is 30.2. The molecule has 0 spiro atoms. The van der Waals surface area contributed by atoms with Crippen LogP contribution in [0, 0.1) is 23.2 Å². The first kappa shape index (κ1) is 38.4. The van der Waals surface area contributed by atoms with Gasteiger partial charge in [-0.2, -0.15) is 10.4 Å². The zero-order valence-corrected chi connectivity index (χ0v) is 30.7. The number of hydrogen-bond acceptors (Lipinski definition) is 9. The SMILES string of the molecule is COC(=O)[C@H]1CCCN1C(=O)N[C@@H](C(=O)N1CCOC[C@H]1C(=O)Nc1ccc(C#Cc2cn(CCC#N)nc2-c2cc(Cl)ccc2O)cc1)c1ccccc1. The van der Waals surface area contributed by atoms with Crippen molar-refractivity contribution in [2.45, 2.75) is 43.9 Å². The molecule has 14 nitrogen and oxygen atoms in total. The van der Waals surface area contributed by atoms with E-state index in [1.807, 2.05) is 0 Å². The smallest absolute Gasteiger partial charge is 0.328 e. The maximum Gasteiger partial charge on any atom is 0.328 e. The molecular weight excluding hydrogens is 726 g/mol. The first-order valence-corrected chi connectivity index (χ1v) is 18.0. The van der Waals surface area contributed by atoms with Crippen molar-refractivity contribution in [2.75, 3.05) is 38.7 Å². The lowest BCUT2D eigenvalue weighted by molar-refractivity contribution is -0.148. The summed E-state index contributed by atoms with van der Waals surface area (Å²) in [6.07, 6.45) is 3.01. The lowest BCUT2D eigenvalue weighted by Gasteiger charge is -2.37. The molecule has 0 radical (unpaired) electrons. The predicted molar refractivity (Wildman–Crippen MR) is 201 cm³/mol. The van der Waals surface area contributed by atoms with E-state index in [0.29, 0.717) is 64.6 Å². The molecule has 6 rings (SSSR count). The Hall–Kier alpha value is -6.35. The number of phenols is 1. The number of amides is 4. The van der Waals surface area contributed by atoms with Crippen LogP contribution < -0.4 is 10.6 Å². The van der Waals surface area contributed by atoms with Crippen molar-refractivity contribution in [3.8, 4) is 34.9 Å². The number of benzene rings is 3. The monoisotopic (exact) mass is 763 g/mol. The molecule has 2 aliphatic heterocycles. The number of carbonyl (C=O) groups is 4. The van der Waals surface area contributed by atoms with Gasteiger partial charge in [-0.25, -0.2) is 9.59 Å². The van der Waals surface area contributed by atoms with Crippen LogP contribution in [0.3, 0.4) is 0 Å². The highest BCUT2D eigenvalue weighted by atomic mass is 35.5. The van der Waals surface area contributed by atoms with Gasteiger partial charge in [-0.15, -0.1) is 0 Å². The molecular formula is C40H38ClN7O7. The van der Waals surface area contributed by atoms with Gasteiger partial charge in [-0.1, -0.05) is 53.8 Å². The van der Waals surface area contributed by atoms with Gasteiger partial charge in [0.1, 0.15) is 29.6 Å². The summed E-state index contributed by atoms with van der Waals surface area (Å²) in [4.78, 5) is 56.6. The molecule has 0 bridgehead atoms. The highest BCUT2D eigenvalue weighted by molar-refractivity contribution is 6.31. The minimum absolute atomic E-state index is 0.0158. The Bertz CT molecular complexity index is 2160. The van der Waals surface area contributed by atoms with E-state index < -0.39 is 41.9 Å². The average Bonchev–Trinajstić information content (AvgIpc) is 3.87. The molecule has 0 unspecified atom stereocenters. The summed E-state index contributed by atoms with van der Waals surface area (Å²) in [5.74, 6) is 4.66. The molecule has 55 heavy (non-hydrogen) atoms. The maximum absolute atomic E-state index is 14.2. The van der Waals surface area contributed by atoms with E-state index in [-0.39, 0.29) is 31.9 Å². The quantitative estimate of drug-likeness (QED) is 0.164. The Balaban J connectivity index is 1.17. The van der Waals surface area contributed by atoms with Gasteiger partial charge >= 0.3 is 12.0 Å². The fourth-order valence-electron chi connectivity index (χ4n) is 6.47. The molecule has 3 aromatic carbocycles. The van der Waals surface area contributed by atoms with Crippen LogP contribution in [0.1, 0.15) is 42.0 Å². The number of carbonyl (C=O) groups excluding carboxylic acids is 4. The van der Waals surface area contributed by atoms with E-state index in [1.54, 1.807) is 77.6 Å². The van der Waals surface area contributed by atoms with Crippen LogP contribution in [-0.4, -0.2) is 94.0 Å². The maximum atomic E-state index is 14.2. The number of nitrogens with one attached hydrogen (secondary N) is 2. The van der Waals surface area contributed by atoms with Crippen molar-refractivity contribution in [3.05, 3.63) is 101 Å². The number of aryl methyl sites for hydroxylation is 1. The average molecular weight is 764 g/mol. The van der Waals surface area contributed by atoms with Crippen LogP contribution in [0.15, 0.2) is 79.0 Å². The molecule has 282 valence electrons. The first-order valence-electron chi connectivity index (χ1n) is 17.6. The van der Waals surface area contributed by atoms with Gasteiger partial charge < -0.3 is 35.0 Å². The standard InChI is InChI=1S/C40H38ClN7O7/c1-54-39(52)32-9-5-20-48(32)40(53)44-36(27-7-3-2-4-8-27)38(51)47-21-22-55-25-33(47)37(50)43-30-15-11-26(12-16-30)10-13-28-24-46(19-6-18-42)45-35(28)31-23-29(41)14-17-34(31)49/h2-4,7-8,11-12,14-17,23-24,32-33,36,49H,5-6,9,19-22,25H2,1H3,(H,43,50)(H,44,53)/t32-,33+,36-/m1/s1. The third-order valence-corrected chi connectivity index (χ3v) is 9.51. The topological polar surface area (TPSA) is 179 Å². The van der Waals surface area contributed by atoms with Crippen molar-refractivity contribution >= 4 is 41.1 Å². The Morgan fingerprint density at radius 2 is 1.82 bits per heavy atom. The molecule has 4 aromatic rings. The Labute approximate surface area is 322 Å². The number of urea groups is 1. The minimum Gasteiger partial charge on any atom is -0.507 e. The number of hydrogen-bond donors (Lipinski definition) is 3. The molecule has 1 aromatic heterocycles. The van der Waals surface area contributed by atoms with Gasteiger partial charge in [0.2, 0.25) is 5.91 Å². The normalized spacial score (nSPS) is 17.0. The number of halogens is 1. The van der Waals surface area contributed by atoms with Gasteiger partial charge in [0.15, 0.2) is 0 Å². The number of aromatic nitrogens is 2. The number of rotatable bonds is 9. The van der Waals surface area contributed by atoms with Crippen LogP contribution in [0.25, 0.3) is 11.3 Å². The summed E-state index contributed by atoms with van der Waals surface area (Å²) in [7, 11) is 1.27. The van der Waals surface area contributed by atoms with Crippen molar-refractivity contribution < 1.29 is 33.8 Å². The third-order valence-electron chi connectivity index (χ3n) is 9.27. The number of morpholine rings is 1. The van der Waals surface area contributed by atoms with E-state index in [0.717, 1.165) is 0 Å². The van der Waals surface area contributed by atoms with Crippen molar-refractivity contribution in [1.29, 1.82) is 5.26 Å². The number of esters is 1. The number of nitriles is 1. The molecule has 2 fully saturated rings. The highest BCUT2D eigenvalue weighted by Gasteiger charge is 2.40. The van der Waals surface area contributed by atoms with E-state index in [2.05, 4.69) is 33.6 Å². The largest absolute Gasteiger partial charge is 0.507 e. The molecule has 15 heteroatoms. The highest BCUT2D eigenvalue weighted by Crippen LogP contribution is 2.33. The van der Waals surface area contributed by atoms with Gasteiger partial charge in [-0.05, 0) is 60.9 Å². The fourth-order valence-corrected chi connectivity index (χ4v) is 6.64. The van der Waals surface area contributed by atoms with Crippen LogP contribution in [0.5, 0.6) is 5.75 Å². The van der Waals surface area contributed by atoms with Crippen molar-refractivity contribution in [2.24, 2.45) is 0 Å². The van der Waals surface area contributed by atoms with Crippen molar-refractivity contribution in [1.82, 2.24) is 24.9 Å². The molecule has 2 aliphatic rings. The third kappa shape index (κ3) is 9.07. The molecule has 2 saturated heterocycles. The van der Waals surface area contributed by atoms with Gasteiger partial charge in [-0.3, -0.25) is 14.3 Å². The van der Waals surface area contributed by atoms with Crippen molar-refractivity contribution in [3.63, 3.8) is 0 Å². The summed E-state index contributed by atoms with van der Waals surface area (Å²) in [5.41, 5.74) is 2.93. The van der Waals surface area contributed by atoms with Crippen LogP contribution in [0.4, 0.5) is 10.5 Å². The van der Waals surface area contributed by atoms with Crippen LogP contribution in [0.2, 0.25) is 5.02 Å². The zero-order valence-electron chi connectivity index (χ0n) is 29.9. The van der Waals surface area contributed by atoms with E-state index >= 15 is 0 Å². The number of anilines is 1. The molecule has 4 amide bonds. The molecule has 3 atom stereocenters. The number of likely N-dealkylation sites (tertiary alicyclic amines) is 1. The zero-order chi connectivity index (χ0) is 38.9. The van der Waals surface area contributed by atoms with Crippen LogP contribution >= 0.6 is 11.6 Å². The number of ether oxygens (including phenoxy) is 2. The Morgan fingerprint density at radius 1 is 1.04 bits per heavy atom. The van der Waals surface area contributed by atoms with Gasteiger partial charge in [0, 0.05) is 41.1 Å². The number of methoxy groups -OCH3 is 1. The van der Waals surface area contributed by atoms with Gasteiger partial charge in [0.05, 0.1) is 44.9 Å². The first-order chi connectivity index (χ1) is 26.7. The number of phenolic OH excluding ortho intramolecular Hbond substituents is 1. The summed E-state index contributed by atoms with van der Waals surface area (Å²) >= 11 is 6.19. The van der Waals surface area contributed by atoms with E-state index in [1.165, 1.54) is 23.0 Å².